The Labute approximate surface area is 463 Å². The van der Waals surface area contributed by atoms with Gasteiger partial charge in [0.15, 0.2) is 0 Å². The highest BCUT2D eigenvalue weighted by atomic mass is 15.2. The van der Waals surface area contributed by atoms with Gasteiger partial charge in [0.25, 0.3) is 0 Å². The van der Waals surface area contributed by atoms with Crippen molar-refractivity contribution in [2.45, 2.75) is 179 Å². The van der Waals surface area contributed by atoms with Crippen LogP contribution in [0.2, 0.25) is 0 Å². The van der Waals surface area contributed by atoms with Gasteiger partial charge in [0.05, 0.1) is 11.9 Å². The van der Waals surface area contributed by atoms with Gasteiger partial charge in [-0.15, -0.1) is 12.3 Å². The van der Waals surface area contributed by atoms with Gasteiger partial charge in [-0.3, -0.25) is 4.99 Å². The van der Waals surface area contributed by atoms with Crippen molar-refractivity contribution < 1.29 is 0 Å². The minimum atomic E-state index is -0.400. The molecule has 1 saturated heterocycles. The maximum absolute atomic E-state index is 6.54. The van der Waals surface area contributed by atoms with Crippen molar-refractivity contribution in [1.29, 1.82) is 0 Å². The fourth-order valence-electron chi connectivity index (χ4n) is 7.33. The number of nitrogens with two attached hydrogens (primary N) is 3. The molecule has 1 fully saturated rings. The molecule has 3 aromatic rings. The third-order valence-corrected chi connectivity index (χ3v) is 12.7. The van der Waals surface area contributed by atoms with Gasteiger partial charge in [0.1, 0.15) is 5.54 Å². The number of benzene rings is 3. The molecule has 4 rings (SSSR count). The number of nitrogens with zero attached hydrogens (tertiary/aromatic N) is 2. The highest BCUT2D eigenvalue weighted by Crippen LogP contribution is 2.37. The largest absolute Gasteiger partial charge is 0.405 e. The molecule has 420 valence electrons. The topological polar surface area (TPSA) is 118 Å². The molecular weight excluding hydrogens is 915 g/mol. The molecule has 0 bridgehead atoms. The van der Waals surface area contributed by atoms with Gasteiger partial charge in [-0.05, 0) is 161 Å². The molecule has 0 radical (unpaired) electrons. The van der Waals surface area contributed by atoms with Crippen LogP contribution in [0, 0.1) is 18.8 Å². The van der Waals surface area contributed by atoms with Crippen molar-refractivity contribution in [3.63, 3.8) is 0 Å². The first-order chi connectivity index (χ1) is 35.7. The lowest BCUT2D eigenvalue weighted by atomic mass is 9.83. The molecule has 1 aliphatic heterocycles. The van der Waals surface area contributed by atoms with Crippen LogP contribution in [0.1, 0.15) is 171 Å². The minimum absolute atomic E-state index is 0.175. The Bertz CT molecular complexity index is 2070. The molecule has 7 nitrogen and oxygen atoms in total. The summed E-state index contributed by atoms with van der Waals surface area (Å²) in [6.45, 7) is 50.6. The van der Waals surface area contributed by atoms with E-state index in [2.05, 4.69) is 228 Å². The molecule has 3 aromatic carbocycles. The minimum Gasteiger partial charge on any atom is -0.405 e. The summed E-state index contributed by atoms with van der Waals surface area (Å²) in [7, 11) is 1.90. The standard InChI is InChI=1S/C34H50N4.C9H19N.C7H8.C6H11N.2C5H10.C2H5N/c1-7-9-20-33(35)37-34(21-23-38(24-22-34)32-19-14-13-18-30(32)26(3)4)28(6)36-31(27(5)15-8-2)25-29-16-11-10-12-17-29;1-4-8(2)9(3)6-5-7-10;1-7-5-3-2-4-6-7;1-4-6(2)5-7-3;2*1-4-5(2)3;1-2-3/h10-19,26,31,36H,6-9,20-25H2,1-5H3,(H2,35,37);4,9H,5-7,10H2,1-3H3;2-6H,1H3;7H,1,5H2,2-3H3;4H,1-3H3;4-5H,1H2,2-3H3;2H,1,3H2. The quantitative estimate of drug-likeness (QED) is 0.0333. The lowest BCUT2D eigenvalue weighted by Gasteiger charge is -2.43. The first-order valence-electron chi connectivity index (χ1n) is 27.9. The van der Waals surface area contributed by atoms with Crippen LogP contribution in [0.15, 0.2) is 180 Å². The Morgan fingerprint density at radius 3 is 1.75 bits per heavy atom. The van der Waals surface area contributed by atoms with E-state index in [4.69, 9.17) is 16.5 Å². The van der Waals surface area contributed by atoms with E-state index < -0.39 is 5.54 Å². The van der Waals surface area contributed by atoms with Crippen LogP contribution in [-0.2, 0) is 6.42 Å². The molecular formula is C68H113N7. The normalized spacial score (nSPS) is 13.4. The molecule has 0 amide bonds. The summed E-state index contributed by atoms with van der Waals surface area (Å²) >= 11 is 0. The van der Waals surface area contributed by atoms with E-state index >= 15 is 0 Å². The highest BCUT2D eigenvalue weighted by molar-refractivity contribution is 5.81. The lowest BCUT2D eigenvalue weighted by Crippen LogP contribution is -2.50. The number of aryl methyl sites for hydroxylation is 1. The van der Waals surface area contributed by atoms with Crippen molar-refractivity contribution in [3.05, 3.63) is 192 Å². The van der Waals surface area contributed by atoms with E-state index in [1.165, 1.54) is 51.7 Å². The molecule has 7 heteroatoms. The molecule has 0 spiro atoms. The average molecular weight is 1030 g/mol. The first kappa shape index (κ1) is 73.7. The number of hydrogen-bond acceptors (Lipinski definition) is 6. The van der Waals surface area contributed by atoms with Gasteiger partial charge in [0.2, 0.25) is 0 Å². The number of likely N-dealkylation sites (N-methyl/N-ethyl adjacent to an activating group) is 1. The van der Waals surface area contributed by atoms with Gasteiger partial charge in [-0.1, -0.05) is 200 Å². The Hall–Kier alpha value is -5.59. The Morgan fingerprint density at radius 1 is 0.827 bits per heavy atom. The second-order valence-corrected chi connectivity index (χ2v) is 20.2. The van der Waals surface area contributed by atoms with Crippen molar-refractivity contribution in [3.8, 4) is 0 Å². The van der Waals surface area contributed by atoms with E-state index in [9.17, 15) is 0 Å². The molecule has 0 aliphatic carbocycles. The van der Waals surface area contributed by atoms with Gasteiger partial charge in [-0.25, -0.2) is 0 Å². The summed E-state index contributed by atoms with van der Waals surface area (Å²) in [6, 6.07) is 30.0. The molecule has 1 aliphatic rings. The molecule has 1 heterocycles. The van der Waals surface area contributed by atoms with Gasteiger partial charge in [0, 0.05) is 37.4 Å². The Morgan fingerprint density at radius 2 is 1.35 bits per heavy atom. The Kier molecular flexibility index (Phi) is 46.1. The summed E-state index contributed by atoms with van der Waals surface area (Å²) in [4.78, 5) is 7.77. The van der Waals surface area contributed by atoms with Crippen molar-refractivity contribution in [2.75, 3.05) is 38.1 Å². The number of unbranched alkanes of at least 4 members (excludes halogenated alkanes) is 1. The van der Waals surface area contributed by atoms with Crippen LogP contribution in [0.4, 0.5) is 5.69 Å². The molecule has 75 heavy (non-hydrogen) atoms. The number of amidine groups is 1. The summed E-state index contributed by atoms with van der Waals surface area (Å²) in [6.07, 6.45) is 18.9. The highest BCUT2D eigenvalue weighted by Gasteiger charge is 2.39. The lowest BCUT2D eigenvalue weighted by molar-refractivity contribution is 0.361. The van der Waals surface area contributed by atoms with Crippen LogP contribution in [0.5, 0.6) is 0 Å². The summed E-state index contributed by atoms with van der Waals surface area (Å²) in [5, 5.41) is 6.84. The zero-order chi connectivity index (χ0) is 57.6. The SMILES string of the molecule is C=C(NC(Cc1ccccc1)C(C)=CCC)C1(N=C(N)CCCC)CCN(c2ccccc2C(C)C)CC1.C=C=C(C)CNC.C=CC(C)C.C=CN.CC=C(C)C.CC=C(C)C(C)CCCN.Cc1ccccc1. The van der Waals surface area contributed by atoms with Crippen molar-refractivity contribution in [1.82, 2.24) is 10.6 Å². The van der Waals surface area contributed by atoms with E-state index in [1.54, 1.807) is 0 Å². The fourth-order valence-corrected chi connectivity index (χ4v) is 7.33. The monoisotopic (exact) mass is 1030 g/mol. The number of para-hydroxylation sites is 1. The third-order valence-electron chi connectivity index (χ3n) is 12.7. The zero-order valence-corrected chi connectivity index (χ0v) is 50.9. The van der Waals surface area contributed by atoms with Gasteiger partial charge in [-0.2, -0.15) is 0 Å². The van der Waals surface area contributed by atoms with E-state index in [1.807, 2.05) is 45.2 Å². The fraction of sp³-hybridized carbons (Fsp3) is 0.500. The van der Waals surface area contributed by atoms with E-state index in [0.717, 1.165) is 94.7 Å². The first-order valence-corrected chi connectivity index (χ1v) is 27.9. The third kappa shape index (κ3) is 36.9. The smallest absolute Gasteiger partial charge is 0.105 e. The predicted molar refractivity (Wildman–Crippen MR) is 341 cm³/mol. The summed E-state index contributed by atoms with van der Waals surface area (Å²) in [5.74, 6) is 2.61. The van der Waals surface area contributed by atoms with Gasteiger partial charge >= 0.3 is 0 Å². The zero-order valence-electron chi connectivity index (χ0n) is 50.9. The number of hydrogen-bond donors (Lipinski definition) is 5. The van der Waals surface area contributed by atoms with Crippen LogP contribution in [0.25, 0.3) is 0 Å². The number of nitrogens with one attached hydrogen (secondary N) is 2. The second kappa shape index (κ2) is 46.9. The number of allylic oxidation sites excluding steroid dienone is 6. The number of aliphatic imine (C=N–C) groups is 1. The molecule has 8 N–H and O–H groups in total. The number of rotatable bonds is 20. The van der Waals surface area contributed by atoms with Crippen LogP contribution in [0.3, 0.4) is 0 Å². The van der Waals surface area contributed by atoms with Crippen LogP contribution < -0.4 is 32.7 Å². The van der Waals surface area contributed by atoms with Gasteiger partial charge < -0.3 is 32.7 Å². The molecule has 2 unspecified atom stereocenters. The number of piperidine rings is 1. The second-order valence-electron chi connectivity index (χ2n) is 20.2. The maximum Gasteiger partial charge on any atom is 0.105 e. The Balaban J connectivity index is -0.00000112. The number of anilines is 1. The molecule has 0 saturated carbocycles. The van der Waals surface area contributed by atoms with Crippen molar-refractivity contribution >= 4 is 11.5 Å². The van der Waals surface area contributed by atoms with Crippen LogP contribution in [-0.4, -0.2) is 50.6 Å². The summed E-state index contributed by atoms with van der Waals surface area (Å²) < 4.78 is 0. The van der Waals surface area contributed by atoms with Crippen LogP contribution >= 0.6 is 0 Å². The predicted octanol–water partition coefficient (Wildman–Crippen LogP) is 16.9. The van der Waals surface area contributed by atoms with E-state index in [-0.39, 0.29) is 6.04 Å². The average Bonchev–Trinajstić information content (AvgIpc) is 3.41. The maximum atomic E-state index is 6.54. The van der Waals surface area contributed by atoms with Crippen molar-refractivity contribution in [2.24, 2.45) is 34.0 Å². The molecule has 0 aromatic heterocycles. The summed E-state index contributed by atoms with van der Waals surface area (Å²) in [5.41, 5.74) is 30.7. The van der Waals surface area contributed by atoms with E-state index in [0.29, 0.717) is 17.8 Å². The molecule has 2 atom stereocenters.